The van der Waals surface area contributed by atoms with Gasteiger partial charge in [-0.25, -0.2) is 0 Å². The number of amides is 1. The fourth-order valence-electron chi connectivity index (χ4n) is 2.58. The number of H-pyrrole nitrogens is 1. The first-order valence-corrected chi connectivity index (χ1v) is 6.80. The van der Waals surface area contributed by atoms with Gasteiger partial charge in [0.2, 0.25) is 0 Å². The molecule has 0 bridgehead atoms. The SMILES string of the molecule is O=C(Nc1n[nH]c2ccccc12)C1Cc2ccccc2O1. The number of ether oxygens (including phenoxy) is 1. The number of benzene rings is 2. The van der Waals surface area contributed by atoms with Crippen molar-refractivity contribution < 1.29 is 9.53 Å². The van der Waals surface area contributed by atoms with Crippen LogP contribution in [0.4, 0.5) is 5.82 Å². The Morgan fingerprint density at radius 3 is 2.90 bits per heavy atom. The number of aromatic amines is 1. The Kier molecular flexibility index (Phi) is 2.64. The Hall–Kier alpha value is -2.82. The van der Waals surface area contributed by atoms with Crippen LogP contribution in [0.2, 0.25) is 0 Å². The van der Waals surface area contributed by atoms with Gasteiger partial charge in [0.15, 0.2) is 11.9 Å². The Labute approximate surface area is 120 Å². The predicted octanol–water partition coefficient (Wildman–Crippen LogP) is 2.51. The van der Waals surface area contributed by atoms with Crippen LogP contribution in [0, 0.1) is 0 Å². The molecular formula is C16H13N3O2. The lowest BCUT2D eigenvalue weighted by atomic mass is 10.1. The number of para-hydroxylation sites is 2. The number of nitrogens with zero attached hydrogens (tertiary/aromatic N) is 1. The van der Waals surface area contributed by atoms with Gasteiger partial charge in [0.1, 0.15) is 5.75 Å². The zero-order valence-corrected chi connectivity index (χ0v) is 11.2. The van der Waals surface area contributed by atoms with Crippen molar-refractivity contribution in [3.63, 3.8) is 0 Å². The van der Waals surface area contributed by atoms with Crippen molar-refractivity contribution in [2.24, 2.45) is 0 Å². The van der Waals surface area contributed by atoms with Crippen molar-refractivity contribution in [3.8, 4) is 5.75 Å². The normalized spacial score (nSPS) is 16.5. The zero-order chi connectivity index (χ0) is 14.2. The van der Waals surface area contributed by atoms with E-state index in [1.54, 1.807) is 0 Å². The summed E-state index contributed by atoms with van der Waals surface area (Å²) in [5.74, 6) is 1.14. The number of anilines is 1. The van der Waals surface area contributed by atoms with Gasteiger partial charge in [0, 0.05) is 11.8 Å². The molecule has 3 aromatic rings. The van der Waals surface area contributed by atoms with Crippen LogP contribution < -0.4 is 10.1 Å². The summed E-state index contributed by atoms with van der Waals surface area (Å²) < 4.78 is 5.68. The maximum absolute atomic E-state index is 12.3. The molecule has 1 aliphatic rings. The molecule has 104 valence electrons. The van der Waals surface area contributed by atoms with E-state index in [0.717, 1.165) is 22.2 Å². The average molecular weight is 279 g/mol. The molecule has 0 spiro atoms. The second kappa shape index (κ2) is 4.63. The third kappa shape index (κ3) is 2.03. The van der Waals surface area contributed by atoms with Crippen LogP contribution in [0.3, 0.4) is 0 Å². The first kappa shape index (κ1) is 12.0. The van der Waals surface area contributed by atoms with E-state index in [4.69, 9.17) is 4.74 Å². The molecule has 5 nitrogen and oxygen atoms in total. The van der Waals surface area contributed by atoms with Gasteiger partial charge >= 0.3 is 0 Å². The minimum absolute atomic E-state index is 0.177. The average Bonchev–Trinajstić information content (AvgIpc) is 3.11. The molecular weight excluding hydrogens is 266 g/mol. The first-order chi connectivity index (χ1) is 10.3. The summed E-state index contributed by atoms with van der Waals surface area (Å²) in [6, 6.07) is 15.4. The van der Waals surface area contributed by atoms with E-state index in [-0.39, 0.29) is 5.91 Å². The van der Waals surface area contributed by atoms with E-state index in [1.807, 2.05) is 48.5 Å². The molecule has 1 amide bonds. The highest BCUT2D eigenvalue weighted by molar-refractivity contribution is 6.01. The van der Waals surface area contributed by atoms with Crippen molar-refractivity contribution in [1.29, 1.82) is 0 Å². The molecule has 1 aliphatic heterocycles. The number of fused-ring (bicyclic) bond motifs is 2. The fraction of sp³-hybridized carbons (Fsp3) is 0.125. The fourth-order valence-corrected chi connectivity index (χ4v) is 2.58. The third-order valence-electron chi connectivity index (χ3n) is 3.65. The molecule has 0 aliphatic carbocycles. The standard InChI is InChI=1S/C16H13N3O2/c20-16(14-9-10-5-1-4-8-13(10)21-14)17-15-11-6-2-3-7-12(11)18-19-15/h1-8,14H,9H2,(H2,17,18,19,20). The smallest absolute Gasteiger partial charge is 0.267 e. The maximum Gasteiger partial charge on any atom is 0.267 e. The number of aromatic nitrogens is 2. The summed E-state index contributed by atoms with van der Waals surface area (Å²) in [6.45, 7) is 0. The number of carbonyl (C=O) groups is 1. The highest BCUT2D eigenvalue weighted by Crippen LogP contribution is 2.29. The molecule has 0 radical (unpaired) electrons. The molecule has 2 heterocycles. The van der Waals surface area contributed by atoms with Crippen molar-refractivity contribution in [1.82, 2.24) is 10.2 Å². The van der Waals surface area contributed by atoms with Gasteiger partial charge in [-0.05, 0) is 23.8 Å². The maximum atomic E-state index is 12.3. The molecule has 0 saturated carbocycles. The molecule has 2 N–H and O–H groups in total. The molecule has 0 fully saturated rings. The van der Waals surface area contributed by atoms with Crippen LogP contribution in [0.5, 0.6) is 5.75 Å². The monoisotopic (exact) mass is 279 g/mol. The van der Waals surface area contributed by atoms with Gasteiger partial charge in [-0.3, -0.25) is 9.89 Å². The molecule has 2 aromatic carbocycles. The third-order valence-corrected chi connectivity index (χ3v) is 3.65. The van der Waals surface area contributed by atoms with Crippen LogP contribution >= 0.6 is 0 Å². The van der Waals surface area contributed by atoms with E-state index in [9.17, 15) is 4.79 Å². The number of rotatable bonds is 2. The first-order valence-electron chi connectivity index (χ1n) is 6.80. The van der Waals surface area contributed by atoms with Crippen LogP contribution in [0.25, 0.3) is 10.9 Å². The molecule has 0 saturated heterocycles. The largest absolute Gasteiger partial charge is 0.480 e. The Morgan fingerprint density at radius 2 is 2.00 bits per heavy atom. The van der Waals surface area contributed by atoms with Gasteiger partial charge in [-0.2, -0.15) is 5.10 Å². The Balaban J connectivity index is 1.55. The second-order valence-electron chi connectivity index (χ2n) is 5.03. The zero-order valence-electron chi connectivity index (χ0n) is 11.2. The van der Waals surface area contributed by atoms with E-state index >= 15 is 0 Å². The van der Waals surface area contributed by atoms with Crippen LogP contribution in [0.1, 0.15) is 5.56 Å². The van der Waals surface area contributed by atoms with E-state index in [1.165, 1.54) is 0 Å². The number of nitrogens with one attached hydrogen (secondary N) is 2. The lowest BCUT2D eigenvalue weighted by molar-refractivity contribution is -0.122. The lowest BCUT2D eigenvalue weighted by Gasteiger charge is -2.09. The van der Waals surface area contributed by atoms with E-state index < -0.39 is 6.10 Å². The molecule has 4 rings (SSSR count). The minimum Gasteiger partial charge on any atom is -0.480 e. The summed E-state index contributed by atoms with van der Waals surface area (Å²) in [6.07, 6.45) is 0.0857. The van der Waals surface area contributed by atoms with Crippen molar-refractivity contribution >= 4 is 22.6 Å². The molecule has 5 heteroatoms. The molecule has 1 aromatic heterocycles. The summed E-state index contributed by atoms with van der Waals surface area (Å²) in [4.78, 5) is 12.3. The van der Waals surface area contributed by atoms with Gasteiger partial charge in [0.25, 0.3) is 5.91 Å². The molecule has 1 unspecified atom stereocenters. The van der Waals surface area contributed by atoms with Crippen molar-refractivity contribution in [3.05, 3.63) is 54.1 Å². The van der Waals surface area contributed by atoms with Crippen molar-refractivity contribution in [2.75, 3.05) is 5.32 Å². The van der Waals surface area contributed by atoms with Gasteiger partial charge in [-0.15, -0.1) is 0 Å². The van der Waals surface area contributed by atoms with Crippen LogP contribution in [0.15, 0.2) is 48.5 Å². The summed E-state index contributed by atoms with van der Waals surface area (Å²) in [5, 5.41) is 10.8. The summed E-state index contributed by atoms with van der Waals surface area (Å²) in [7, 11) is 0. The number of hydrogen-bond acceptors (Lipinski definition) is 3. The van der Waals surface area contributed by atoms with Gasteiger partial charge in [0.05, 0.1) is 5.52 Å². The van der Waals surface area contributed by atoms with Crippen LogP contribution in [-0.4, -0.2) is 22.2 Å². The topological polar surface area (TPSA) is 67.0 Å². The number of carbonyl (C=O) groups excluding carboxylic acids is 1. The Morgan fingerprint density at radius 1 is 1.19 bits per heavy atom. The quantitative estimate of drug-likeness (QED) is 0.757. The van der Waals surface area contributed by atoms with Crippen LogP contribution in [-0.2, 0) is 11.2 Å². The number of hydrogen-bond donors (Lipinski definition) is 2. The van der Waals surface area contributed by atoms with Crippen molar-refractivity contribution in [2.45, 2.75) is 12.5 Å². The summed E-state index contributed by atoms with van der Waals surface area (Å²) >= 11 is 0. The summed E-state index contributed by atoms with van der Waals surface area (Å²) in [5.41, 5.74) is 1.95. The second-order valence-corrected chi connectivity index (χ2v) is 5.03. The minimum atomic E-state index is -0.502. The Bertz CT molecular complexity index is 800. The molecule has 1 atom stereocenters. The van der Waals surface area contributed by atoms with Gasteiger partial charge < -0.3 is 10.1 Å². The highest BCUT2D eigenvalue weighted by atomic mass is 16.5. The van der Waals surface area contributed by atoms with E-state index in [2.05, 4.69) is 15.5 Å². The van der Waals surface area contributed by atoms with Gasteiger partial charge in [-0.1, -0.05) is 30.3 Å². The lowest BCUT2D eigenvalue weighted by Crippen LogP contribution is -2.31. The highest BCUT2D eigenvalue weighted by Gasteiger charge is 2.29. The van der Waals surface area contributed by atoms with E-state index in [0.29, 0.717) is 12.2 Å². The molecule has 21 heavy (non-hydrogen) atoms. The predicted molar refractivity (Wildman–Crippen MR) is 79.3 cm³/mol.